The fourth-order valence-electron chi connectivity index (χ4n) is 2.42. The Labute approximate surface area is 139 Å². The fourth-order valence-corrected chi connectivity index (χ4v) is 2.42. The summed E-state index contributed by atoms with van der Waals surface area (Å²) in [4.78, 5) is 8.60. The lowest BCUT2D eigenvalue weighted by Gasteiger charge is -2.01. The predicted molar refractivity (Wildman–Crippen MR) is 96.1 cm³/mol. The number of pyridine rings is 2. The summed E-state index contributed by atoms with van der Waals surface area (Å²) in [5.41, 5.74) is 7.91. The Kier molecular flexibility index (Phi) is 3.73. The van der Waals surface area contributed by atoms with Gasteiger partial charge in [-0.25, -0.2) is 4.98 Å². The van der Waals surface area contributed by atoms with Crippen molar-refractivity contribution in [1.82, 2.24) is 14.4 Å². The highest BCUT2D eigenvalue weighted by molar-refractivity contribution is 5.79. The standard InChI is InChI=1S/C19H15N5/c1-2-12-24-14-18(22-19(24)3-1)16-4-6-17(7-5-16)23-21-13-15-8-10-20-11-9-15/h1-14,23H. The maximum Gasteiger partial charge on any atom is 0.137 e. The summed E-state index contributed by atoms with van der Waals surface area (Å²) in [6.07, 6.45) is 9.27. The molecule has 1 aromatic carbocycles. The van der Waals surface area contributed by atoms with Gasteiger partial charge < -0.3 is 4.40 Å². The molecule has 0 saturated carbocycles. The van der Waals surface area contributed by atoms with Crippen molar-refractivity contribution in [2.24, 2.45) is 5.10 Å². The van der Waals surface area contributed by atoms with Crippen LogP contribution in [0.2, 0.25) is 0 Å². The van der Waals surface area contributed by atoms with Gasteiger partial charge in [0.25, 0.3) is 0 Å². The average molecular weight is 313 g/mol. The van der Waals surface area contributed by atoms with Crippen LogP contribution in [0.1, 0.15) is 5.56 Å². The van der Waals surface area contributed by atoms with E-state index in [1.54, 1.807) is 18.6 Å². The molecule has 3 heterocycles. The first-order valence-electron chi connectivity index (χ1n) is 7.62. The number of imidazole rings is 1. The van der Waals surface area contributed by atoms with Crippen molar-refractivity contribution in [3.8, 4) is 11.3 Å². The molecule has 0 radical (unpaired) electrons. The van der Waals surface area contributed by atoms with Crippen LogP contribution < -0.4 is 5.43 Å². The van der Waals surface area contributed by atoms with Crippen molar-refractivity contribution in [2.45, 2.75) is 0 Å². The van der Waals surface area contributed by atoms with E-state index in [2.05, 4.69) is 20.5 Å². The van der Waals surface area contributed by atoms with E-state index in [9.17, 15) is 0 Å². The van der Waals surface area contributed by atoms with Gasteiger partial charge in [0, 0.05) is 30.4 Å². The Morgan fingerprint density at radius 2 is 1.79 bits per heavy atom. The molecule has 0 bridgehead atoms. The minimum atomic E-state index is 0.924. The quantitative estimate of drug-likeness (QED) is 0.460. The Balaban J connectivity index is 1.49. The molecule has 24 heavy (non-hydrogen) atoms. The van der Waals surface area contributed by atoms with Gasteiger partial charge in [-0.15, -0.1) is 0 Å². The van der Waals surface area contributed by atoms with Crippen molar-refractivity contribution >= 4 is 17.5 Å². The highest BCUT2D eigenvalue weighted by Gasteiger charge is 2.03. The number of hydrogen-bond acceptors (Lipinski definition) is 4. The molecule has 0 spiro atoms. The maximum absolute atomic E-state index is 4.62. The summed E-state index contributed by atoms with van der Waals surface area (Å²) in [6, 6.07) is 17.8. The van der Waals surface area contributed by atoms with Gasteiger partial charge in [-0.1, -0.05) is 18.2 Å². The zero-order valence-corrected chi connectivity index (χ0v) is 12.9. The predicted octanol–water partition coefficient (Wildman–Crippen LogP) is 3.84. The van der Waals surface area contributed by atoms with Crippen molar-refractivity contribution in [1.29, 1.82) is 0 Å². The van der Waals surface area contributed by atoms with Gasteiger partial charge in [0.1, 0.15) is 5.65 Å². The number of anilines is 1. The van der Waals surface area contributed by atoms with Gasteiger partial charge in [-0.2, -0.15) is 5.10 Å². The second-order valence-electron chi connectivity index (χ2n) is 5.32. The molecule has 4 aromatic rings. The Bertz CT molecular complexity index is 939. The van der Waals surface area contributed by atoms with E-state index in [4.69, 9.17) is 0 Å². The van der Waals surface area contributed by atoms with Gasteiger partial charge in [-0.05, 0) is 42.0 Å². The first-order valence-corrected chi connectivity index (χ1v) is 7.62. The maximum atomic E-state index is 4.62. The number of fused-ring (bicyclic) bond motifs is 1. The van der Waals surface area contributed by atoms with Gasteiger partial charge >= 0.3 is 0 Å². The number of hydrogen-bond donors (Lipinski definition) is 1. The first kappa shape index (κ1) is 14.1. The molecule has 0 fully saturated rings. The number of hydrazone groups is 1. The number of nitrogens with one attached hydrogen (secondary N) is 1. The molecule has 0 aliphatic heterocycles. The van der Waals surface area contributed by atoms with E-state index < -0.39 is 0 Å². The fraction of sp³-hybridized carbons (Fsp3) is 0. The van der Waals surface area contributed by atoms with Crippen LogP contribution in [0.3, 0.4) is 0 Å². The first-order chi connectivity index (χ1) is 11.9. The number of benzene rings is 1. The van der Waals surface area contributed by atoms with E-state index >= 15 is 0 Å². The molecule has 0 aliphatic rings. The molecule has 0 atom stereocenters. The van der Waals surface area contributed by atoms with E-state index in [0.717, 1.165) is 28.2 Å². The van der Waals surface area contributed by atoms with E-state index in [-0.39, 0.29) is 0 Å². The van der Waals surface area contributed by atoms with Crippen LogP contribution in [0.15, 0.2) is 84.5 Å². The molecule has 5 heteroatoms. The highest BCUT2D eigenvalue weighted by Crippen LogP contribution is 2.21. The Morgan fingerprint density at radius 3 is 2.58 bits per heavy atom. The molecule has 0 unspecified atom stereocenters. The third kappa shape index (κ3) is 3.01. The molecule has 4 rings (SSSR count). The van der Waals surface area contributed by atoms with E-state index in [0.29, 0.717) is 0 Å². The molecule has 116 valence electrons. The molecule has 0 aliphatic carbocycles. The van der Waals surface area contributed by atoms with Crippen molar-refractivity contribution in [2.75, 3.05) is 5.43 Å². The molecule has 0 saturated heterocycles. The van der Waals surface area contributed by atoms with Crippen molar-refractivity contribution in [3.63, 3.8) is 0 Å². The summed E-state index contributed by atoms with van der Waals surface area (Å²) in [7, 11) is 0. The van der Waals surface area contributed by atoms with E-state index in [1.807, 2.05) is 71.4 Å². The summed E-state index contributed by atoms with van der Waals surface area (Å²) < 4.78 is 2.01. The van der Waals surface area contributed by atoms with Crippen LogP contribution in [0, 0.1) is 0 Å². The highest BCUT2D eigenvalue weighted by atomic mass is 15.3. The second kappa shape index (κ2) is 6.34. The van der Waals surface area contributed by atoms with Crippen LogP contribution in [-0.4, -0.2) is 20.6 Å². The lowest BCUT2D eigenvalue weighted by Crippen LogP contribution is -1.90. The van der Waals surface area contributed by atoms with Gasteiger partial charge in [0.15, 0.2) is 0 Å². The normalized spacial score (nSPS) is 11.2. The Hall–Kier alpha value is -3.47. The lowest BCUT2D eigenvalue weighted by molar-refractivity contribution is 1.19. The van der Waals surface area contributed by atoms with Gasteiger partial charge in [0.05, 0.1) is 17.6 Å². The van der Waals surface area contributed by atoms with Crippen LogP contribution in [0.4, 0.5) is 5.69 Å². The lowest BCUT2D eigenvalue weighted by atomic mass is 10.1. The number of rotatable bonds is 4. The molecule has 5 nitrogen and oxygen atoms in total. The van der Waals surface area contributed by atoms with Crippen LogP contribution in [0.5, 0.6) is 0 Å². The number of aromatic nitrogens is 3. The average Bonchev–Trinajstić information content (AvgIpc) is 3.07. The van der Waals surface area contributed by atoms with Gasteiger partial charge in [0.2, 0.25) is 0 Å². The zero-order chi connectivity index (χ0) is 16.2. The zero-order valence-electron chi connectivity index (χ0n) is 12.9. The van der Waals surface area contributed by atoms with Crippen LogP contribution in [-0.2, 0) is 0 Å². The molecular formula is C19H15N5. The molecule has 1 N–H and O–H groups in total. The third-order valence-corrected chi connectivity index (χ3v) is 3.66. The summed E-state index contributed by atoms with van der Waals surface area (Å²) in [5, 5.41) is 4.23. The molecule has 3 aromatic heterocycles. The third-order valence-electron chi connectivity index (χ3n) is 3.66. The minimum absolute atomic E-state index is 0.924. The van der Waals surface area contributed by atoms with Crippen molar-refractivity contribution in [3.05, 3.63) is 84.9 Å². The monoisotopic (exact) mass is 313 g/mol. The van der Waals surface area contributed by atoms with Gasteiger partial charge in [-0.3, -0.25) is 10.4 Å². The molecular weight excluding hydrogens is 298 g/mol. The summed E-state index contributed by atoms with van der Waals surface area (Å²) in [5.74, 6) is 0. The second-order valence-corrected chi connectivity index (χ2v) is 5.32. The van der Waals surface area contributed by atoms with E-state index in [1.165, 1.54) is 0 Å². The van der Waals surface area contributed by atoms with Crippen molar-refractivity contribution < 1.29 is 0 Å². The summed E-state index contributed by atoms with van der Waals surface area (Å²) in [6.45, 7) is 0. The van der Waals surface area contributed by atoms with Crippen LogP contribution in [0.25, 0.3) is 16.9 Å². The Morgan fingerprint density at radius 1 is 0.958 bits per heavy atom. The SMILES string of the molecule is C(=NNc1ccc(-c2cn3ccccc3n2)cc1)c1ccncc1. The molecule has 0 amide bonds. The smallest absolute Gasteiger partial charge is 0.137 e. The largest absolute Gasteiger partial charge is 0.306 e. The topological polar surface area (TPSA) is 54.6 Å². The summed E-state index contributed by atoms with van der Waals surface area (Å²) >= 11 is 0. The van der Waals surface area contributed by atoms with Crippen LogP contribution >= 0.6 is 0 Å². The minimum Gasteiger partial charge on any atom is -0.306 e. The number of nitrogens with zero attached hydrogens (tertiary/aromatic N) is 4.